The predicted octanol–water partition coefficient (Wildman–Crippen LogP) is 3.46. The molecule has 0 aromatic rings. The standard InChI is InChI=1S/C12H13.Ti.H/c1-10(11-6-2-3-7-11)12-8-4-5-9-12;;/h2-6,8H,7,9H2,1H3;;/q-1;;-1. The van der Waals surface area contributed by atoms with Crippen molar-refractivity contribution in [3.05, 3.63) is 53.5 Å². The van der Waals surface area contributed by atoms with Gasteiger partial charge in [-0.15, -0.1) is 23.3 Å². The van der Waals surface area contributed by atoms with Gasteiger partial charge in [0.05, 0.1) is 0 Å². The zero-order valence-electron chi connectivity index (χ0n) is 8.88. The molecule has 0 spiro atoms. The van der Waals surface area contributed by atoms with Gasteiger partial charge in [-0.1, -0.05) is 19.1 Å². The SMILES string of the molecule is C[C-](C1=CC=CC1)C1=CC=CC1.[H-].[Ti]. The molecule has 2 aliphatic carbocycles. The number of rotatable bonds is 2. The minimum Gasteiger partial charge on any atom is -1.00 e. The van der Waals surface area contributed by atoms with Crippen LogP contribution in [0.3, 0.4) is 0 Å². The molecular weight excluding hydrogens is 192 g/mol. The first-order valence-corrected chi connectivity index (χ1v) is 4.43. The van der Waals surface area contributed by atoms with Crippen LogP contribution in [0, 0.1) is 5.92 Å². The van der Waals surface area contributed by atoms with Crippen molar-refractivity contribution in [2.75, 3.05) is 0 Å². The van der Waals surface area contributed by atoms with Crippen LogP contribution >= 0.6 is 0 Å². The molecule has 2 aliphatic rings. The molecule has 0 amide bonds. The van der Waals surface area contributed by atoms with Gasteiger partial charge in [0.2, 0.25) is 0 Å². The van der Waals surface area contributed by atoms with E-state index >= 15 is 0 Å². The Bertz CT molecular complexity index is 267. The molecule has 1 heteroatoms. The molecule has 0 fully saturated rings. The topological polar surface area (TPSA) is 0 Å². The molecule has 0 heterocycles. The molecule has 0 bridgehead atoms. The van der Waals surface area contributed by atoms with E-state index in [4.69, 9.17) is 0 Å². The van der Waals surface area contributed by atoms with Gasteiger partial charge in [0.1, 0.15) is 0 Å². The third kappa shape index (κ3) is 2.27. The second-order valence-corrected chi connectivity index (χ2v) is 3.27. The van der Waals surface area contributed by atoms with Crippen molar-refractivity contribution in [3.8, 4) is 0 Å². The van der Waals surface area contributed by atoms with Crippen molar-refractivity contribution < 1.29 is 23.1 Å². The largest absolute Gasteiger partial charge is 1.00 e. The van der Waals surface area contributed by atoms with Crippen molar-refractivity contribution in [2.45, 2.75) is 19.8 Å². The molecule has 0 aliphatic heterocycles. The van der Waals surface area contributed by atoms with E-state index in [2.05, 4.69) is 43.4 Å². The van der Waals surface area contributed by atoms with Gasteiger partial charge >= 0.3 is 0 Å². The molecule has 0 radical (unpaired) electrons. The number of allylic oxidation sites excluding steroid dienone is 8. The first-order chi connectivity index (χ1) is 5.88. The van der Waals surface area contributed by atoms with Gasteiger partial charge in [-0.3, -0.25) is 0 Å². The Balaban J connectivity index is 0.000000845. The molecule has 0 nitrogen and oxygen atoms in total. The fourth-order valence-electron chi connectivity index (χ4n) is 1.66. The summed E-state index contributed by atoms with van der Waals surface area (Å²) < 4.78 is 0. The van der Waals surface area contributed by atoms with E-state index < -0.39 is 0 Å². The Kier molecular flexibility index (Phi) is 3.83. The van der Waals surface area contributed by atoms with Crippen molar-refractivity contribution >= 4 is 0 Å². The molecule has 0 saturated carbocycles. The van der Waals surface area contributed by atoms with Crippen molar-refractivity contribution in [1.29, 1.82) is 0 Å². The third-order valence-corrected chi connectivity index (χ3v) is 2.51. The molecule has 0 unspecified atom stereocenters. The van der Waals surface area contributed by atoms with Gasteiger partial charge in [-0.05, 0) is 12.8 Å². The fraction of sp³-hybridized carbons (Fsp3) is 0.250. The molecular formula is C12H14Ti-2. The molecule has 0 atom stereocenters. The van der Waals surface area contributed by atoms with E-state index in [0.29, 0.717) is 0 Å². The summed E-state index contributed by atoms with van der Waals surface area (Å²) in [4.78, 5) is 0. The fourth-order valence-corrected chi connectivity index (χ4v) is 1.66. The molecule has 0 aromatic carbocycles. The van der Waals surface area contributed by atoms with Gasteiger partial charge in [-0.2, -0.15) is 18.1 Å². The first-order valence-electron chi connectivity index (χ1n) is 4.43. The average molecular weight is 206 g/mol. The van der Waals surface area contributed by atoms with E-state index in [1.165, 1.54) is 17.1 Å². The van der Waals surface area contributed by atoms with Crippen LogP contribution in [-0.2, 0) is 21.7 Å². The summed E-state index contributed by atoms with van der Waals surface area (Å²) in [6, 6.07) is 0. The van der Waals surface area contributed by atoms with Crippen LogP contribution in [0.25, 0.3) is 0 Å². The second-order valence-electron chi connectivity index (χ2n) is 3.27. The Morgan fingerprint density at radius 1 is 1.08 bits per heavy atom. The Morgan fingerprint density at radius 3 is 1.85 bits per heavy atom. The summed E-state index contributed by atoms with van der Waals surface area (Å²) >= 11 is 0. The summed E-state index contributed by atoms with van der Waals surface area (Å²) in [5.41, 5.74) is 2.95. The maximum atomic E-state index is 2.22. The minimum atomic E-state index is 0. The zero-order chi connectivity index (χ0) is 8.39. The quantitative estimate of drug-likeness (QED) is 0.479. The van der Waals surface area contributed by atoms with Crippen molar-refractivity contribution in [2.24, 2.45) is 0 Å². The van der Waals surface area contributed by atoms with Gasteiger partial charge in [0.25, 0.3) is 0 Å². The summed E-state index contributed by atoms with van der Waals surface area (Å²) in [5, 5.41) is 0. The molecule has 2 rings (SSSR count). The van der Waals surface area contributed by atoms with E-state index in [9.17, 15) is 0 Å². The van der Waals surface area contributed by atoms with E-state index in [-0.39, 0.29) is 23.1 Å². The molecule has 0 N–H and O–H groups in total. The predicted molar refractivity (Wildman–Crippen MR) is 53.7 cm³/mol. The van der Waals surface area contributed by atoms with Gasteiger partial charge in [-0.25, -0.2) is 0 Å². The van der Waals surface area contributed by atoms with Gasteiger partial charge in [0, 0.05) is 21.7 Å². The van der Waals surface area contributed by atoms with Crippen LogP contribution in [0.15, 0.2) is 47.6 Å². The molecule has 13 heavy (non-hydrogen) atoms. The van der Waals surface area contributed by atoms with Gasteiger partial charge in [0.15, 0.2) is 0 Å². The Hall–Kier alpha value is -0.456. The van der Waals surface area contributed by atoms with Crippen LogP contribution in [0.4, 0.5) is 0 Å². The second kappa shape index (κ2) is 4.69. The zero-order valence-corrected chi connectivity index (χ0v) is 9.44. The Morgan fingerprint density at radius 2 is 1.54 bits per heavy atom. The van der Waals surface area contributed by atoms with Crippen LogP contribution < -0.4 is 0 Å². The van der Waals surface area contributed by atoms with E-state index in [0.717, 1.165) is 12.8 Å². The van der Waals surface area contributed by atoms with Crippen molar-refractivity contribution in [3.63, 3.8) is 0 Å². The van der Waals surface area contributed by atoms with Gasteiger partial charge < -0.3 is 1.43 Å². The average Bonchev–Trinajstić information content (AvgIpc) is 2.77. The summed E-state index contributed by atoms with van der Waals surface area (Å²) in [6.07, 6.45) is 15.4. The molecule has 68 valence electrons. The third-order valence-electron chi connectivity index (χ3n) is 2.51. The number of hydrogen-bond donors (Lipinski definition) is 0. The monoisotopic (exact) mass is 206 g/mol. The maximum absolute atomic E-state index is 2.22. The van der Waals surface area contributed by atoms with Crippen LogP contribution in [0.1, 0.15) is 21.2 Å². The molecule has 0 saturated heterocycles. The van der Waals surface area contributed by atoms with E-state index in [1.54, 1.807) is 0 Å². The summed E-state index contributed by atoms with van der Waals surface area (Å²) in [5.74, 6) is 1.46. The molecule has 0 aromatic heterocycles. The van der Waals surface area contributed by atoms with E-state index in [1.807, 2.05) is 0 Å². The maximum Gasteiger partial charge on any atom is 0 e. The van der Waals surface area contributed by atoms with Crippen LogP contribution in [-0.4, -0.2) is 0 Å². The van der Waals surface area contributed by atoms with Crippen LogP contribution in [0.2, 0.25) is 0 Å². The number of hydrogen-bond acceptors (Lipinski definition) is 0. The van der Waals surface area contributed by atoms with Crippen LogP contribution in [0.5, 0.6) is 0 Å². The summed E-state index contributed by atoms with van der Waals surface area (Å²) in [7, 11) is 0. The minimum absolute atomic E-state index is 0. The smallest absolute Gasteiger partial charge is 0 e. The summed E-state index contributed by atoms with van der Waals surface area (Å²) in [6.45, 7) is 2.22. The Labute approximate surface area is 96.5 Å². The van der Waals surface area contributed by atoms with Crippen molar-refractivity contribution in [1.82, 2.24) is 0 Å². The normalized spacial score (nSPS) is 18.2. The first kappa shape index (κ1) is 10.6.